The zero-order valence-electron chi connectivity index (χ0n) is 12.7. The van der Waals surface area contributed by atoms with Crippen molar-refractivity contribution >= 4 is 27.4 Å². The van der Waals surface area contributed by atoms with Gasteiger partial charge in [-0.15, -0.1) is 0 Å². The van der Waals surface area contributed by atoms with E-state index < -0.39 is 16.2 Å². The lowest BCUT2D eigenvalue weighted by Crippen LogP contribution is -2.30. The molecule has 0 saturated heterocycles. The van der Waals surface area contributed by atoms with Crippen LogP contribution in [0.2, 0.25) is 0 Å². The van der Waals surface area contributed by atoms with Crippen molar-refractivity contribution < 1.29 is 9.34 Å². The third-order valence-corrected chi connectivity index (χ3v) is 4.00. The first-order valence-corrected chi connectivity index (χ1v) is 7.39. The first-order valence-electron chi connectivity index (χ1n) is 7.39. The Hall–Kier alpha value is -3.74. The summed E-state index contributed by atoms with van der Waals surface area (Å²) in [6, 6.07) is 15.8. The molecule has 4 aromatic rings. The molecule has 0 atom stereocenters. The highest BCUT2D eigenvalue weighted by Crippen LogP contribution is 2.22. The summed E-state index contributed by atoms with van der Waals surface area (Å²) in [6.45, 7) is 0. The Labute approximate surface area is 139 Å². The molecular formula is C18H10N2O5. The molecule has 0 amide bonds. The van der Waals surface area contributed by atoms with Crippen LogP contribution in [-0.4, -0.2) is 9.49 Å². The summed E-state index contributed by atoms with van der Waals surface area (Å²) in [5.74, 6) is -0.845. The summed E-state index contributed by atoms with van der Waals surface area (Å²) in [6.07, 6.45) is 0. The largest absolute Gasteiger partial charge is 0.427 e. The first kappa shape index (κ1) is 14.8. The van der Waals surface area contributed by atoms with Gasteiger partial charge in [0.05, 0.1) is 16.0 Å². The summed E-state index contributed by atoms with van der Waals surface area (Å²) >= 11 is 0. The zero-order valence-corrected chi connectivity index (χ0v) is 12.7. The van der Waals surface area contributed by atoms with Gasteiger partial charge in [-0.3, -0.25) is 14.9 Å². The molecule has 122 valence electrons. The van der Waals surface area contributed by atoms with E-state index >= 15 is 0 Å². The highest BCUT2D eigenvalue weighted by atomic mass is 16.6. The van der Waals surface area contributed by atoms with Crippen LogP contribution in [0.4, 0.5) is 5.69 Å². The average molecular weight is 334 g/mol. The zero-order chi connectivity index (χ0) is 17.6. The van der Waals surface area contributed by atoms with Crippen molar-refractivity contribution in [2.24, 2.45) is 0 Å². The van der Waals surface area contributed by atoms with Crippen molar-refractivity contribution in [3.63, 3.8) is 0 Å². The van der Waals surface area contributed by atoms with Crippen molar-refractivity contribution in [1.82, 2.24) is 4.57 Å². The van der Waals surface area contributed by atoms with Gasteiger partial charge in [0.2, 0.25) is 0 Å². The Kier molecular flexibility index (Phi) is 3.21. The monoisotopic (exact) mass is 334 g/mol. The van der Waals surface area contributed by atoms with Gasteiger partial charge in [0.15, 0.2) is 5.58 Å². The Morgan fingerprint density at radius 3 is 2.32 bits per heavy atom. The van der Waals surface area contributed by atoms with Crippen molar-refractivity contribution in [1.29, 1.82) is 0 Å². The van der Waals surface area contributed by atoms with E-state index in [4.69, 9.17) is 4.42 Å². The van der Waals surface area contributed by atoms with Crippen LogP contribution < -0.4 is 11.3 Å². The first-order chi connectivity index (χ1) is 12.1. The van der Waals surface area contributed by atoms with Crippen molar-refractivity contribution in [3.8, 4) is 5.69 Å². The number of non-ortho nitro benzene ring substituents is 1. The van der Waals surface area contributed by atoms with Gasteiger partial charge in [-0.2, -0.15) is 0 Å². The van der Waals surface area contributed by atoms with Crippen LogP contribution in [0.5, 0.6) is 0 Å². The van der Waals surface area contributed by atoms with Gasteiger partial charge >= 0.3 is 5.76 Å². The smallest absolute Gasteiger partial charge is 0.408 e. The highest BCUT2D eigenvalue weighted by Gasteiger charge is 2.14. The summed E-state index contributed by atoms with van der Waals surface area (Å²) in [5.41, 5.74) is -0.232. The molecule has 0 aliphatic rings. The lowest BCUT2D eigenvalue weighted by Gasteiger charge is -2.07. The van der Waals surface area contributed by atoms with Gasteiger partial charge < -0.3 is 4.42 Å². The molecule has 0 aliphatic heterocycles. The van der Waals surface area contributed by atoms with E-state index in [0.717, 1.165) is 9.95 Å². The number of nitro benzene ring substituents is 1. The van der Waals surface area contributed by atoms with Crippen molar-refractivity contribution in [2.45, 2.75) is 0 Å². The molecule has 3 aromatic carbocycles. The maximum absolute atomic E-state index is 12.8. The van der Waals surface area contributed by atoms with Gasteiger partial charge in [0.1, 0.15) is 0 Å². The van der Waals surface area contributed by atoms with E-state index in [9.17, 15) is 19.7 Å². The van der Waals surface area contributed by atoms with Crippen LogP contribution in [0.3, 0.4) is 0 Å². The molecule has 0 unspecified atom stereocenters. The standard InChI is InChI=1S/C18H10N2O5/c21-17-15-10-5-11-3-1-2-4-14(11)16(15)25-18(22)19(17)12-6-8-13(9-7-12)20(23)24/h1-10H. The van der Waals surface area contributed by atoms with Crippen LogP contribution in [0.25, 0.3) is 27.4 Å². The minimum atomic E-state index is -0.845. The second-order valence-corrected chi connectivity index (χ2v) is 5.45. The molecule has 0 N–H and O–H groups in total. The minimum absolute atomic E-state index is 0.132. The predicted molar refractivity (Wildman–Crippen MR) is 92.2 cm³/mol. The van der Waals surface area contributed by atoms with Crippen LogP contribution in [0.1, 0.15) is 0 Å². The van der Waals surface area contributed by atoms with E-state index in [2.05, 4.69) is 0 Å². The fourth-order valence-electron chi connectivity index (χ4n) is 2.80. The normalized spacial score (nSPS) is 11.0. The number of aromatic nitrogens is 1. The van der Waals surface area contributed by atoms with Crippen LogP contribution in [-0.2, 0) is 0 Å². The molecule has 0 saturated carbocycles. The number of benzene rings is 3. The fourth-order valence-corrected chi connectivity index (χ4v) is 2.80. The third-order valence-electron chi connectivity index (χ3n) is 4.00. The molecule has 0 fully saturated rings. The summed E-state index contributed by atoms with van der Waals surface area (Å²) in [7, 11) is 0. The molecule has 1 aromatic heterocycles. The number of rotatable bonds is 2. The predicted octanol–water partition coefficient (Wildman–Crippen LogP) is 3.01. The molecule has 4 rings (SSSR count). The Morgan fingerprint density at radius 1 is 0.880 bits per heavy atom. The van der Waals surface area contributed by atoms with Gasteiger partial charge in [0, 0.05) is 17.5 Å². The molecule has 0 radical (unpaired) electrons. The summed E-state index contributed by atoms with van der Waals surface area (Å²) in [4.78, 5) is 35.3. The maximum Gasteiger partial charge on any atom is 0.427 e. The van der Waals surface area contributed by atoms with Crippen LogP contribution >= 0.6 is 0 Å². The van der Waals surface area contributed by atoms with Crippen molar-refractivity contribution in [2.75, 3.05) is 0 Å². The van der Waals surface area contributed by atoms with Crippen LogP contribution in [0, 0.1) is 10.1 Å². The molecule has 0 bridgehead atoms. The number of hydrogen-bond donors (Lipinski definition) is 0. The molecular weight excluding hydrogens is 324 g/mol. The second-order valence-electron chi connectivity index (χ2n) is 5.45. The third kappa shape index (κ3) is 2.29. The fraction of sp³-hybridized carbons (Fsp3) is 0. The number of nitrogens with zero attached hydrogens (tertiary/aromatic N) is 2. The molecule has 7 heteroatoms. The number of nitro groups is 1. The van der Waals surface area contributed by atoms with E-state index in [1.165, 1.54) is 24.3 Å². The SMILES string of the molecule is O=c1oc2c(ccc3ccccc32)c(=O)n1-c1ccc([N+](=O)[O-])cc1. The summed E-state index contributed by atoms with van der Waals surface area (Å²) < 4.78 is 6.25. The lowest BCUT2D eigenvalue weighted by molar-refractivity contribution is -0.384. The van der Waals surface area contributed by atoms with Gasteiger partial charge in [-0.1, -0.05) is 30.3 Å². The molecule has 1 heterocycles. The summed E-state index contributed by atoms with van der Waals surface area (Å²) in [5, 5.41) is 12.5. The van der Waals surface area contributed by atoms with Gasteiger partial charge in [0.25, 0.3) is 11.2 Å². The maximum atomic E-state index is 12.8. The minimum Gasteiger partial charge on any atom is -0.408 e. The average Bonchev–Trinajstić information content (AvgIpc) is 2.62. The van der Waals surface area contributed by atoms with Gasteiger partial charge in [-0.25, -0.2) is 9.36 Å². The topological polar surface area (TPSA) is 95.3 Å². The molecule has 0 spiro atoms. The van der Waals surface area contributed by atoms with Gasteiger partial charge in [-0.05, 0) is 23.6 Å². The van der Waals surface area contributed by atoms with E-state index in [0.29, 0.717) is 5.39 Å². The second kappa shape index (κ2) is 5.41. The highest BCUT2D eigenvalue weighted by molar-refractivity contribution is 6.03. The number of fused-ring (bicyclic) bond motifs is 3. The Bertz CT molecular complexity index is 1250. The van der Waals surface area contributed by atoms with Crippen LogP contribution in [0.15, 0.2) is 74.7 Å². The Balaban J connectivity index is 2.03. The van der Waals surface area contributed by atoms with E-state index in [1.54, 1.807) is 24.3 Å². The quantitative estimate of drug-likeness (QED) is 0.319. The van der Waals surface area contributed by atoms with Crippen molar-refractivity contribution in [3.05, 3.63) is 91.7 Å². The Morgan fingerprint density at radius 2 is 1.60 bits per heavy atom. The molecule has 7 nitrogen and oxygen atoms in total. The number of hydrogen-bond acceptors (Lipinski definition) is 5. The lowest BCUT2D eigenvalue weighted by atomic mass is 10.1. The van der Waals surface area contributed by atoms with E-state index in [-0.39, 0.29) is 22.3 Å². The molecule has 0 aliphatic carbocycles. The van der Waals surface area contributed by atoms with E-state index in [1.807, 2.05) is 12.1 Å². The molecule has 25 heavy (non-hydrogen) atoms.